The molecule has 0 fully saturated rings. The lowest BCUT2D eigenvalue weighted by molar-refractivity contribution is 1.32. The second kappa shape index (κ2) is 5.03. The van der Waals surface area contributed by atoms with E-state index in [0.717, 1.165) is 42.8 Å². The molecule has 1 aromatic carbocycles. The van der Waals surface area contributed by atoms with Crippen LogP contribution in [0.25, 0.3) is 32.7 Å². The average Bonchev–Trinajstić information content (AvgIpc) is 2.55. The van der Waals surface area contributed by atoms with Crippen molar-refractivity contribution in [3.8, 4) is 11.1 Å². The number of fused-ring (bicyclic) bond motifs is 2. The summed E-state index contributed by atoms with van der Waals surface area (Å²) in [5.74, 6) is 0. The molecular formula is C17H11BrN4. The van der Waals surface area contributed by atoms with Gasteiger partial charge in [-0.1, -0.05) is 6.07 Å². The molecule has 0 bridgehead atoms. The Bertz CT molecular complexity index is 1000. The van der Waals surface area contributed by atoms with Gasteiger partial charge in [0.1, 0.15) is 0 Å². The Hall–Kier alpha value is -2.53. The Morgan fingerprint density at radius 2 is 1.59 bits per heavy atom. The standard InChI is InChI=1S/C17H11BrN4/c18-15-9-22-8-14-12(1-2-16(19)17(14)15)13-7-21-6-10-5-20-4-3-11(10)13/h1-9H,19H2. The number of aromatic nitrogens is 3. The molecule has 0 saturated heterocycles. The highest BCUT2D eigenvalue weighted by Crippen LogP contribution is 2.37. The molecule has 0 aliphatic heterocycles. The SMILES string of the molecule is Nc1ccc(-c2cncc3cnccc23)c2cncc(Br)c12. The van der Waals surface area contributed by atoms with Crippen molar-refractivity contribution >= 4 is 43.2 Å². The van der Waals surface area contributed by atoms with Gasteiger partial charge in [-0.05, 0) is 39.0 Å². The van der Waals surface area contributed by atoms with Gasteiger partial charge in [0.05, 0.1) is 0 Å². The summed E-state index contributed by atoms with van der Waals surface area (Å²) in [6.07, 6.45) is 10.9. The van der Waals surface area contributed by atoms with Crippen LogP contribution < -0.4 is 5.73 Å². The van der Waals surface area contributed by atoms with E-state index in [1.807, 2.05) is 43.0 Å². The normalized spacial score (nSPS) is 11.1. The van der Waals surface area contributed by atoms with Crippen LogP contribution in [-0.2, 0) is 0 Å². The number of anilines is 1. The van der Waals surface area contributed by atoms with Crippen LogP contribution in [-0.4, -0.2) is 15.0 Å². The van der Waals surface area contributed by atoms with Crippen molar-refractivity contribution in [2.75, 3.05) is 5.73 Å². The molecule has 3 heterocycles. The topological polar surface area (TPSA) is 64.7 Å². The Kier molecular flexibility index (Phi) is 3.01. The van der Waals surface area contributed by atoms with Gasteiger partial charge in [0.15, 0.2) is 0 Å². The summed E-state index contributed by atoms with van der Waals surface area (Å²) < 4.78 is 0.888. The summed E-state index contributed by atoms with van der Waals surface area (Å²) >= 11 is 3.54. The summed E-state index contributed by atoms with van der Waals surface area (Å²) in [7, 11) is 0. The summed E-state index contributed by atoms with van der Waals surface area (Å²) in [6, 6.07) is 5.94. The van der Waals surface area contributed by atoms with Gasteiger partial charge in [-0.2, -0.15) is 0 Å². The van der Waals surface area contributed by atoms with Gasteiger partial charge in [-0.25, -0.2) is 0 Å². The average molecular weight is 351 g/mol. The van der Waals surface area contributed by atoms with Crippen molar-refractivity contribution in [3.05, 3.63) is 59.9 Å². The largest absolute Gasteiger partial charge is 0.398 e. The summed E-state index contributed by atoms with van der Waals surface area (Å²) in [4.78, 5) is 12.8. The zero-order valence-electron chi connectivity index (χ0n) is 11.5. The molecule has 0 radical (unpaired) electrons. The van der Waals surface area contributed by atoms with Crippen molar-refractivity contribution in [2.24, 2.45) is 0 Å². The van der Waals surface area contributed by atoms with Crippen LogP contribution >= 0.6 is 15.9 Å². The number of rotatable bonds is 1. The lowest BCUT2D eigenvalue weighted by Gasteiger charge is -2.11. The fourth-order valence-electron chi connectivity index (χ4n) is 2.74. The summed E-state index contributed by atoms with van der Waals surface area (Å²) in [5, 5.41) is 4.09. The number of halogens is 1. The van der Waals surface area contributed by atoms with Crippen LogP contribution in [0, 0.1) is 0 Å². The molecule has 22 heavy (non-hydrogen) atoms. The predicted molar refractivity (Wildman–Crippen MR) is 92.4 cm³/mol. The first-order valence-electron chi connectivity index (χ1n) is 6.75. The number of nitrogen functional groups attached to an aromatic ring is 1. The van der Waals surface area contributed by atoms with Crippen LogP contribution in [0.15, 0.2) is 59.9 Å². The first kappa shape index (κ1) is 13.2. The molecule has 2 N–H and O–H groups in total. The molecule has 0 aliphatic rings. The van der Waals surface area contributed by atoms with Gasteiger partial charge < -0.3 is 5.73 Å². The van der Waals surface area contributed by atoms with E-state index in [-0.39, 0.29) is 0 Å². The molecule has 0 unspecified atom stereocenters. The quantitative estimate of drug-likeness (QED) is 0.522. The first-order chi connectivity index (χ1) is 10.8. The maximum absolute atomic E-state index is 6.13. The zero-order valence-corrected chi connectivity index (χ0v) is 13.1. The lowest BCUT2D eigenvalue weighted by Crippen LogP contribution is -1.92. The number of nitrogens with two attached hydrogens (primary N) is 1. The van der Waals surface area contributed by atoms with Crippen LogP contribution in [0.3, 0.4) is 0 Å². The molecule has 0 aliphatic carbocycles. The lowest BCUT2D eigenvalue weighted by atomic mass is 9.97. The molecule has 0 atom stereocenters. The van der Waals surface area contributed by atoms with E-state index in [1.54, 1.807) is 12.4 Å². The van der Waals surface area contributed by atoms with Gasteiger partial charge in [0, 0.05) is 69.1 Å². The first-order valence-corrected chi connectivity index (χ1v) is 7.55. The minimum atomic E-state index is 0.725. The van der Waals surface area contributed by atoms with E-state index in [0.29, 0.717) is 0 Å². The highest BCUT2D eigenvalue weighted by molar-refractivity contribution is 9.10. The fraction of sp³-hybridized carbons (Fsp3) is 0. The van der Waals surface area contributed by atoms with E-state index in [4.69, 9.17) is 5.73 Å². The van der Waals surface area contributed by atoms with Crippen LogP contribution in [0.5, 0.6) is 0 Å². The minimum Gasteiger partial charge on any atom is -0.398 e. The molecule has 0 saturated carbocycles. The Labute approximate surface area is 135 Å². The zero-order chi connectivity index (χ0) is 15.1. The molecule has 3 aromatic heterocycles. The third kappa shape index (κ3) is 1.94. The van der Waals surface area contributed by atoms with Gasteiger partial charge in [0.25, 0.3) is 0 Å². The van der Waals surface area contributed by atoms with Gasteiger partial charge in [-0.3, -0.25) is 15.0 Å². The molecule has 4 rings (SSSR count). The second-order valence-electron chi connectivity index (χ2n) is 5.03. The van der Waals surface area contributed by atoms with Crippen LogP contribution in [0.4, 0.5) is 5.69 Å². The highest BCUT2D eigenvalue weighted by atomic mass is 79.9. The number of pyridine rings is 3. The van der Waals surface area contributed by atoms with Crippen molar-refractivity contribution < 1.29 is 0 Å². The van der Waals surface area contributed by atoms with Crippen molar-refractivity contribution in [1.29, 1.82) is 0 Å². The summed E-state index contributed by atoms with van der Waals surface area (Å²) in [5.41, 5.74) is 8.96. The van der Waals surface area contributed by atoms with Crippen molar-refractivity contribution in [1.82, 2.24) is 15.0 Å². The third-order valence-corrected chi connectivity index (χ3v) is 4.36. The van der Waals surface area contributed by atoms with Gasteiger partial charge >= 0.3 is 0 Å². The smallest absolute Gasteiger partial charge is 0.0458 e. The van der Waals surface area contributed by atoms with Crippen molar-refractivity contribution in [3.63, 3.8) is 0 Å². The highest BCUT2D eigenvalue weighted by Gasteiger charge is 2.12. The Morgan fingerprint density at radius 3 is 2.50 bits per heavy atom. The predicted octanol–water partition coefficient (Wildman–Crippen LogP) is 4.19. The number of benzene rings is 1. The number of nitrogens with zero attached hydrogens (tertiary/aromatic N) is 3. The minimum absolute atomic E-state index is 0.725. The fourth-order valence-corrected chi connectivity index (χ4v) is 3.31. The molecule has 5 heteroatoms. The summed E-state index contributed by atoms with van der Waals surface area (Å²) in [6.45, 7) is 0. The van der Waals surface area contributed by atoms with E-state index >= 15 is 0 Å². The number of hydrogen-bond acceptors (Lipinski definition) is 4. The molecule has 4 nitrogen and oxygen atoms in total. The van der Waals surface area contributed by atoms with Crippen LogP contribution in [0.2, 0.25) is 0 Å². The van der Waals surface area contributed by atoms with Crippen LogP contribution in [0.1, 0.15) is 0 Å². The second-order valence-corrected chi connectivity index (χ2v) is 5.88. The molecule has 0 amide bonds. The van der Waals surface area contributed by atoms with Gasteiger partial charge in [-0.15, -0.1) is 0 Å². The molecule has 4 aromatic rings. The number of hydrogen-bond donors (Lipinski definition) is 1. The van der Waals surface area contributed by atoms with E-state index in [9.17, 15) is 0 Å². The van der Waals surface area contributed by atoms with E-state index in [2.05, 4.69) is 30.9 Å². The van der Waals surface area contributed by atoms with Gasteiger partial charge in [0.2, 0.25) is 0 Å². The maximum atomic E-state index is 6.13. The Balaban J connectivity index is 2.14. The van der Waals surface area contributed by atoms with Crippen molar-refractivity contribution in [2.45, 2.75) is 0 Å². The van der Waals surface area contributed by atoms with E-state index in [1.165, 1.54) is 0 Å². The Morgan fingerprint density at radius 1 is 0.773 bits per heavy atom. The molecular weight excluding hydrogens is 340 g/mol. The monoisotopic (exact) mass is 350 g/mol. The molecule has 0 spiro atoms. The maximum Gasteiger partial charge on any atom is 0.0458 e. The molecule has 106 valence electrons. The van der Waals surface area contributed by atoms with E-state index < -0.39 is 0 Å². The third-order valence-electron chi connectivity index (χ3n) is 3.76.